The SMILES string of the molecule is Cc1nnn(-c2ccc(C(F)F)cc2)c1COc1ccc(N2CCN(CC(F)(F)F)C(=O)C2)nn1. The van der Waals surface area contributed by atoms with Gasteiger partial charge in [-0.1, -0.05) is 17.3 Å². The summed E-state index contributed by atoms with van der Waals surface area (Å²) in [5.41, 5.74) is 1.57. The van der Waals surface area contributed by atoms with Crippen LogP contribution in [0, 0.1) is 6.92 Å². The van der Waals surface area contributed by atoms with Gasteiger partial charge in [-0.25, -0.2) is 13.5 Å². The molecule has 4 rings (SSSR count). The zero-order valence-corrected chi connectivity index (χ0v) is 18.4. The van der Waals surface area contributed by atoms with Crippen molar-refractivity contribution in [2.75, 3.05) is 31.1 Å². The number of anilines is 1. The van der Waals surface area contributed by atoms with Gasteiger partial charge >= 0.3 is 6.18 Å². The van der Waals surface area contributed by atoms with E-state index in [1.54, 1.807) is 13.0 Å². The minimum atomic E-state index is -4.45. The number of aromatic nitrogens is 5. The molecule has 3 aromatic rings. The zero-order valence-electron chi connectivity index (χ0n) is 18.4. The van der Waals surface area contributed by atoms with Crippen LogP contribution >= 0.6 is 0 Å². The van der Waals surface area contributed by atoms with Crippen molar-refractivity contribution in [2.24, 2.45) is 0 Å². The third-order valence-corrected chi connectivity index (χ3v) is 5.34. The van der Waals surface area contributed by atoms with Gasteiger partial charge in [-0.05, 0) is 25.1 Å². The average Bonchev–Trinajstić information content (AvgIpc) is 3.19. The van der Waals surface area contributed by atoms with E-state index in [0.29, 0.717) is 22.9 Å². The van der Waals surface area contributed by atoms with Crippen molar-refractivity contribution in [3.8, 4) is 11.6 Å². The summed E-state index contributed by atoms with van der Waals surface area (Å²) in [6.45, 7) is 0.328. The highest BCUT2D eigenvalue weighted by Crippen LogP contribution is 2.23. The molecule has 9 nitrogen and oxygen atoms in total. The number of halogens is 5. The van der Waals surface area contributed by atoms with E-state index < -0.39 is 25.1 Å². The summed E-state index contributed by atoms with van der Waals surface area (Å²) in [5, 5.41) is 16.0. The molecule has 0 spiro atoms. The Kier molecular flexibility index (Phi) is 6.80. The lowest BCUT2D eigenvalue weighted by Gasteiger charge is -2.34. The Labute approximate surface area is 196 Å². The van der Waals surface area contributed by atoms with Crippen LogP contribution < -0.4 is 9.64 Å². The molecule has 1 amide bonds. The summed E-state index contributed by atoms with van der Waals surface area (Å²) in [7, 11) is 0. The zero-order chi connectivity index (χ0) is 25.2. The van der Waals surface area contributed by atoms with Crippen LogP contribution in [0.4, 0.5) is 27.8 Å². The molecular formula is C21H20F5N7O2. The number of nitrogens with zero attached hydrogens (tertiary/aromatic N) is 7. The minimum absolute atomic E-state index is 0.0120. The first kappa shape index (κ1) is 24.3. The first-order valence-electron chi connectivity index (χ1n) is 10.5. The van der Waals surface area contributed by atoms with Gasteiger partial charge in [0.2, 0.25) is 11.8 Å². The smallest absolute Gasteiger partial charge is 0.406 e. The van der Waals surface area contributed by atoms with E-state index in [4.69, 9.17) is 4.74 Å². The number of hydrogen-bond acceptors (Lipinski definition) is 7. The van der Waals surface area contributed by atoms with E-state index in [1.807, 2.05) is 0 Å². The number of alkyl halides is 5. The van der Waals surface area contributed by atoms with Crippen LogP contribution in [0.2, 0.25) is 0 Å². The van der Waals surface area contributed by atoms with Crippen molar-refractivity contribution < 1.29 is 31.5 Å². The molecule has 0 radical (unpaired) electrons. The lowest BCUT2D eigenvalue weighted by atomic mass is 10.2. The van der Waals surface area contributed by atoms with Crippen molar-refractivity contribution in [1.29, 1.82) is 0 Å². The first-order valence-corrected chi connectivity index (χ1v) is 10.5. The number of piperazine rings is 1. The molecule has 1 fully saturated rings. The van der Waals surface area contributed by atoms with Crippen LogP contribution in [0.15, 0.2) is 36.4 Å². The number of amides is 1. The molecular weight excluding hydrogens is 477 g/mol. The van der Waals surface area contributed by atoms with Crippen LogP contribution in [0.5, 0.6) is 5.88 Å². The predicted molar refractivity (Wildman–Crippen MR) is 112 cm³/mol. The molecule has 3 heterocycles. The Hall–Kier alpha value is -3.84. The molecule has 1 aliphatic heterocycles. The molecule has 2 aromatic heterocycles. The average molecular weight is 497 g/mol. The fourth-order valence-electron chi connectivity index (χ4n) is 3.50. The Morgan fingerprint density at radius 2 is 1.77 bits per heavy atom. The first-order chi connectivity index (χ1) is 16.6. The molecule has 0 N–H and O–H groups in total. The molecule has 35 heavy (non-hydrogen) atoms. The normalized spacial score (nSPS) is 14.7. The largest absolute Gasteiger partial charge is 0.470 e. The number of aryl methyl sites for hydroxylation is 1. The van der Waals surface area contributed by atoms with Gasteiger partial charge in [0.25, 0.3) is 6.43 Å². The van der Waals surface area contributed by atoms with Crippen LogP contribution in [-0.4, -0.2) is 68.4 Å². The summed E-state index contributed by atoms with van der Waals surface area (Å²) in [4.78, 5) is 14.4. The summed E-state index contributed by atoms with van der Waals surface area (Å²) in [5.74, 6) is -0.149. The second-order valence-corrected chi connectivity index (χ2v) is 7.80. The van der Waals surface area contributed by atoms with E-state index in [-0.39, 0.29) is 37.7 Å². The number of carbonyl (C=O) groups is 1. The lowest BCUT2D eigenvalue weighted by Crippen LogP contribution is -2.53. The highest BCUT2D eigenvalue weighted by Gasteiger charge is 2.35. The third-order valence-electron chi connectivity index (χ3n) is 5.34. The molecule has 0 aliphatic carbocycles. The Morgan fingerprint density at radius 1 is 1.03 bits per heavy atom. The Balaban J connectivity index is 1.38. The molecule has 0 bridgehead atoms. The van der Waals surface area contributed by atoms with Gasteiger partial charge in [0.1, 0.15) is 18.8 Å². The number of rotatable bonds is 7. The maximum absolute atomic E-state index is 12.8. The highest BCUT2D eigenvalue weighted by molar-refractivity contribution is 5.82. The minimum Gasteiger partial charge on any atom is -0.470 e. The fraction of sp³-hybridized carbons (Fsp3) is 0.381. The molecule has 0 atom stereocenters. The molecule has 0 saturated carbocycles. The topological polar surface area (TPSA) is 89.3 Å². The second kappa shape index (κ2) is 9.80. The van der Waals surface area contributed by atoms with E-state index in [9.17, 15) is 26.7 Å². The van der Waals surface area contributed by atoms with Crippen molar-refractivity contribution in [2.45, 2.75) is 26.1 Å². The summed E-state index contributed by atoms with van der Waals surface area (Å²) in [6.07, 6.45) is -7.03. The van der Waals surface area contributed by atoms with Crippen molar-refractivity contribution >= 4 is 11.7 Å². The van der Waals surface area contributed by atoms with Gasteiger partial charge in [0, 0.05) is 24.7 Å². The second-order valence-electron chi connectivity index (χ2n) is 7.80. The van der Waals surface area contributed by atoms with E-state index in [0.717, 1.165) is 4.90 Å². The van der Waals surface area contributed by atoms with Gasteiger partial charge in [-0.2, -0.15) is 13.2 Å². The van der Waals surface area contributed by atoms with Gasteiger partial charge < -0.3 is 14.5 Å². The monoisotopic (exact) mass is 497 g/mol. The Morgan fingerprint density at radius 3 is 2.37 bits per heavy atom. The maximum atomic E-state index is 12.8. The van der Waals surface area contributed by atoms with Crippen molar-refractivity contribution in [3.05, 3.63) is 53.3 Å². The molecule has 14 heteroatoms. The van der Waals surface area contributed by atoms with Gasteiger partial charge in [-0.15, -0.1) is 15.3 Å². The lowest BCUT2D eigenvalue weighted by molar-refractivity contribution is -0.161. The van der Waals surface area contributed by atoms with Crippen LogP contribution in [0.1, 0.15) is 23.4 Å². The van der Waals surface area contributed by atoms with Crippen LogP contribution in [0.3, 0.4) is 0 Å². The van der Waals surface area contributed by atoms with Crippen LogP contribution in [-0.2, 0) is 11.4 Å². The molecule has 186 valence electrons. The third kappa shape index (κ3) is 5.81. The van der Waals surface area contributed by atoms with E-state index >= 15 is 0 Å². The van der Waals surface area contributed by atoms with Crippen molar-refractivity contribution in [1.82, 2.24) is 30.1 Å². The predicted octanol–water partition coefficient (Wildman–Crippen LogP) is 3.09. The maximum Gasteiger partial charge on any atom is 0.406 e. The molecule has 1 saturated heterocycles. The van der Waals surface area contributed by atoms with Crippen molar-refractivity contribution in [3.63, 3.8) is 0 Å². The van der Waals surface area contributed by atoms with Crippen LogP contribution in [0.25, 0.3) is 5.69 Å². The number of ether oxygens (including phenoxy) is 1. The van der Waals surface area contributed by atoms with E-state index in [1.165, 1.54) is 39.9 Å². The summed E-state index contributed by atoms with van der Waals surface area (Å²) >= 11 is 0. The summed E-state index contributed by atoms with van der Waals surface area (Å²) < 4.78 is 70.4. The highest BCUT2D eigenvalue weighted by atomic mass is 19.4. The van der Waals surface area contributed by atoms with Gasteiger partial charge in [0.05, 0.1) is 17.9 Å². The quantitative estimate of drug-likeness (QED) is 0.464. The molecule has 1 aliphatic rings. The standard InChI is InChI=1S/C21H20F5N7O2/c1-13-16(33(30-27-13)15-4-2-14(3-5-15)20(22)23)11-35-18-7-6-17(28-29-18)31-8-9-32(19(34)10-31)12-21(24,25)26/h2-7,20H,8-12H2,1H3. The molecule has 0 unspecified atom stereocenters. The summed E-state index contributed by atoms with van der Waals surface area (Å²) in [6, 6.07) is 8.70. The molecule has 1 aromatic carbocycles. The number of hydrogen-bond donors (Lipinski definition) is 0. The fourth-order valence-corrected chi connectivity index (χ4v) is 3.50. The number of carbonyl (C=O) groups excluding carboxylic acids is 1. The Bertz CT molecular complexity index is 1170. The van der Waals surface area contributed by atoms with Gasteiger partial charge in [0.15, 0.2) is 5.82 Å². The van der Waals surface area contributed by atoms with E-state index in [2.05, 4.69) is 20.5 Å². The number of benzene rings is 1. The van der Waals surface area contributed by atoms with Gasteiger partial charge in [-0.3, -0.25) is 4.79 Å².